The highest BCUT2D eigenvalue weighted by Gasteiger charge is 2.27. The maximum absolute atomic E-state index is 10.0. The maximum atomic E-state index is 10.0. The third-order valence-electron chi connectivity index (χ3n) is 4.52. The van der Waals surface area contributed by atoms with Crippen LogP contribution < -0.4 is 5.32 Å². The molecule has 0 amide bonds. The van der Waals surface area contributed by atoms with Gasteiger partial charge >= 0.3 is 0 Å². The van der Waals surface area contributed by atoms with Crippen molar-refractivity contribution in [3.05, 3.63) is 11.6 Å². The number of allylic oxidation sites excluding steroid dienone is 1. The quantitative estimate of drug-likeness (QED) is 0.767. The van der Waals surface area contributed by atoms with Crippen LogP contribution in [0.4, 0.5) is 0 Å². The average molecular weight is 266 g/mol. The van der Waals surface area contributed by atoms with Crippen molar-refractivity contribution in [3.63, 3.8) is 0 Å². The predicted octanol–water partition coefficient (Wildman–Crippen LogP) is 2.31. The first-order valence-electron chi connectivity index (χ1n) is 7.95. The van der Waals surface area contributed by atoms with Gasteiger partial charge in [-0.3, -0.25) is 4.90 Å². The van der Waals surface area contributed by atoms with Crippen LogP contribution in [0.15, 0.2) is 11.6 Å². The first kappa shape index (κ1) is 15.0. The van der Waals surface area contributed by atoms with Gasteiger partial charge in [-0.1, -0.05) is 24.5 Å². The Morgan fingerprint density at radius 2 is 1.84 bits per heavy atom. The van der Waals surface area contributed by atoms with Gasteiger partial charge in [-0.2, -0.15) is 0 Å². The van der Waals surface area contributed by atoms with Crippen molar-refractivity contribution in [1.82, 2.24) is 10.2 Å². The van der Waals surface area contributed by atoms with Gasteiger partial charge in [-0.25, -0.2) is 0 Å². The van der Waals surface area contributed by atoms with Gasteiger partial charge in [0.15, 0.2) is 0 Å². The monoisotopic (exact) mass is 266 g/mol. The number of piperidine rings is 1. The Labute approximate surface area is 118 Å². The van der Waals surface area contributed by atoms with Crippen molar-refractivity contribution in [3.8, 4) is 0 Å². The summed E-state index contributed by atoms with van der Waals surface area (Å²) >= 11 is 0. The molecule has 110 valence electrons. The molecule has 0 spiro atoms. The van der Waals surface area contributed by atoms with Gasteiger partial charge in [0.25, 0.3) is 0 Å². The standard InChI is InChI=1S/C16H30N2O/c1-13(2)7-10-18-11-8-14(9-12-18)17-15-5-3-4-6-16(15)19/h7,14-17,19H,3-6,8-12H2,1-2H3. The lowest BCUT2D eigenvalue weighted by Crippen LogP contribution is -2.50. The lowest BCUT2D eigenvalue weighted by atomic mass is 9.91. The van der Waals surface area contributed by atoms with Gasteiger partial charge in [0.2, 0.25) is 0 Å². The molecule has 2 N–H and O–H groups in total. The molecule has 0 bridgehead atoms. The molecule has 2 rings (SSSR count). The molecule has 2 fully saturated rings. The molecule has 2 aliphatic rings. The van der Waals surface area contributed by atoms with E-state index in [1.54, 1.807) is 0 Å². The summed E-state index contributed by atoms with van der Waals surface area (Å²) < 4.78 is 0. The van der Waals surface area contributed by atoms with Crippen LogP contribution in [0.1, 0.15) is 52.4 Å². The molecule has 1 aliphatic carbocycles. The Balaban J connectivity index is 1.69. The maximum Gasteiger partial charge on any atom is 0.0693 e. The van der Waals surface area contributed by atoms with Crippen molar-refractivity contribution < 1.29 is 5.11 Å². The summed E-state index contributed by atoms with van der Waals surface area (Å²) in [4.78, 5) is 2.53. The molecule has 0 aromatic carbocycles. The number of rotatable bonds is 4. The number of likely N-dealkylation sites (tertiary alicyclic amines) is 1. The van der Waals surface area contributed by atoms with Crippen LogP contribution in [-0.4, -0.2) is 47.8 Å². The predicted molar refractivity (Wildman–Crippen MR) is 80.3 cm³/mol. The minimum atomic E-state index is -0.113. The van der Waals surface area contributed by atoms with Gasteiger partial charge in [0.05, 0.1) is 6.10 Å². The third-order valence-corrected chi connectivity index (χ3v) is 4.52. The zero-order chi connectivity index (χ0) is 13.7. The fraction of sp³-hybridized carbons (Fsp3) is 0.875. The van der Waals surface area contributed by atoms with Crippen LogP contribution in [0.2, 0.25) is 0 Å². The van der Waals surface area contributed by atoms with Crippen LogP contribution >= 0.6 is 0 Å². The van der Waals surface area contributed by atoms with E-state index in [1.807, 2.05) is 0 Å². The normalized spacial score (nSPS) is 30.3. The number of hydrogen-bond donors (Lipinski definition) is 2. The Morgan fingerprint density at radius 3 is 2.47 bits per heavy atom. The highest BCUT2D eigenvalue weighted by atomic mass is 16.3. The Kier molecular flexibility index (Phi) is 5.86. The van der Waals surface area contributed by atoms with Crippen LogP contribution in [-0.2, 0) is 0 Å². The Morgan fingerprint density at radius 1 is 1.16 bits per heavy atom. The number of nitrogens with zero attached hydrogens (tertiary/aromatic N) is 1. The van der Waals surface area contributed by atoms with E-state index in [9.17, 15) is 5.11 Å². The first-order valence-corrected chi connectivity index (χ1v) is 7.95. The molecule has 19 heavy (non-hydrogen) atoms. The van der Waals surface area contributed by atoms with Crippen molar-refractivity contribution in [2.24, 2.45) is 0 Å². The fourth-order valence-corrected chi connectivity index (χ4v) is 3.20. The molecule has 2 unspecified atom stereocenters. The van der Waals surface area contributed by atoms with Gasteiger partial charge in [-0.15, -0.1) is 0 Å². The number of hydrogen-bond acceptors (Lipinski definition) is 3. The van der Waals surface area contributed by atoms with E-state index >= 15 is 0 Å². The second-order valence-corrected chi connectivity index (χ2v) is 6.48. The van der Waals surface area contributed by atoms with Gasteiger partial charge < -0.3 is 10.4 Å². The number of nitrogens with one attached hydrogen (secondary N) is 1. The lowest BCUT2D eigenvalue weighted by molar-refractivity contribution is 0.0773. The van der Waals surface area contributed by atoms with Crippen LogP contribution in [0.3, 0.4) is 0 Å². The zero-order valence-electron chi connectivity index (χ0n) is 12.6. The van der Waals surface area contributed by atoms with Crippen molar-refractivity contribution in [1.29, 1.82) is 0 Å². The topological polar surface area (TPSA) is 35.5 Å². The van der Waals surface area contributed by atoms with E-state index in [1.165, 1.54) is 44.3 Å². The van der Waals surface area contributed by atoms with Gasteiger partial charge in [0, 0.05) is 18.6 Å². The number of aliphatic hydroxyl groups excluding tert-OH is 1. The molecule has 0 radical (unpaired) electrons. The smallest absolute Gasteiger partial charge is 0.0693 e. The van der Waals surface area contributed by atoms with Crippen LogP contribution in [0.5, 0.6) is 0 Å². The zero-order valence-corrected chi connectivity index (χ0v) is 12.6. The van der Waals surface area contributed by atoms with Crippen molar-refractivity contribution in [2.75, 3.05) is 19.6 Å². The molecular weight excluding hydrogens is 236 g/mol. The molecule has 1 aliphatic heterocycles. The minimum absolute atomic E-state index is 0.113. The van der Waals surface area contributed by atoms with E-state index in [4.69, 9.17) is 0 Å². The minimum Gasteiger partial charge on any atom is -0.392 e. The van der Waals surface area contributed by atoms with E-state index in [0.717, 1.165) is 19.4 Å². The van der Waals surface area contributed by atoms with Gasteiger partial charge in [0.1, 0.15) is 0 Å². The fourth-order valence-electron chi connectivity index (χ4n) is 3.20. The Bertz CT molecular complexity index is 291. The summed E-state index contributed by atoms with van der Waals surface area (Å²) in [5.74, 6) is 0. The molecule has 1 saturated carbocycles. The summed E-state index contributed by atoms with van der Waals surface area (Å²) in [6.07, 6.45) is 9.25. The molecule has 3 nitrogen and oxygen atoms in total. The third kappa shape index (κ3) is 4.90. The molecule has 3 heteroatoms. The average Bonchev–Trinajstić information content (AvgIpc) is 2.40. The summed E-state index contributed by atoms with van der Waals surface area (Å²) in [6.45, 7) is 7.80. The van der Waals surface area contributed by atoms with E-state index in [0.29, 0.717) is 12.1 Å². The number of aliphatic hydroxyl groups is 1. The molecule has 1 saturated heterocycles. The van der Waals surface area contributed by atoms with E-state index < -0.39 is 0 Å². The summed E-state index contributed by atoms with van der Waals surface area (Å²) in [7, 11) is 0. The Hall–Kier alpha value is -0.380. The van der Waals surface area contributed by atoms with Crippen LogP contribution in [0.25, 0.3) is 0 Å². The summed E-state index contributed by atoms with van der Waals surface area (Å²) in [6, 6.07) is 0.962. The molecule has 1 heterocycles. The second kappa shape index (κ2) is 7.41. The molecule has 2 atom stereocenters. The largest absolute Gasteiger partial charge is 0.392 e. The lowest BCUT2D eigenvalue weighted by Gasteiger charge is -2.37. The highest BCUT2D eigenvalue weighted by molar-refractivity contribution is 4.96. The summed E-state index contributed by atoms with van der Waals surface area (Å²) in [5, 5.41) is 13.7. The van der Waals surface area contributed by atoms with E-state index in [2.05, 4.69) is 30.1 Å². The highest BCUT2D eigenvalue weighted by Crippen LogP contribution is 2.20. The SMILES string of the molecule is CC(C)=CCN1CCC(NC2CCCCC2O)CC1. The molecular formula is C16H30N2O. The molecule has 0 aromatic heterocycles. The van der Waals surface area contributed by atoms with Crippen LogP contribution in [0, 0.1) is 0 Å². The van der Waals surface area contributed by atoms with Crippen molar-refractivity contribution in [2.45, 2.75) is 70.6 Å². The van der Waals surface area contributed by atoms with Gasteiger partial charge in [-0.05, 0) is 52.6 Å². The molecule has 0 aromatic rings. The summed E-state index contributed by atoms with van der Waals surface area (Å²) in [5.41, 5.74) is 1.41. The second-order valence-electron chi connectivity index (χ2n) is 6.48. The van der Waals surface area contributed by atoms with E-state index in [-0.39, 0.29) is 6.10 Å². The first-order chi connectivity index (χ1) is 9.15. The van der Waals surface area contributed by atoms with Crippen molar-refractivity contribution >= 4 is 0 Å².